The number of allylic oxidation sites excluding steroid dienone is 1. The highest BCUT2D eigenvalue weighted by Gasteiger charge is 2.49. The van der Waals surface area contributed by atoms with Crippen LogP contribution in [0, 0.1) is 17.8 Å². The summed E-state index contributed by atoms with van der Waals surface area (Å²) in [5, 5.41) is 23.7. The van der Waals surface area contributed by atoms with Crippen LogP contribution in [0.4, 0.5) is 0 Å². The number of halogens is 1. The second-order valence-corrected chi connectivity index (χ2v) is 11.4. The van der Waals surface area contributed by atoms with Crippen LogP contribution in [0.2, 0.25) is 5.02 Å². The number of primary amides is 1. The van der Waals surface area contributed by atoms with E-state index < -0.39 is 42.1 Å². The molecule has 10 heteroatoms. The molecule has 0 spiro atoms. The lowest BCUT2D eigenvalue weighted by Crippen LogP contribution is -2.49. The molecule has 2 fully saturated rings. The van der Waals surface area contributed by atoms with Crippen molar-refractivity contribution in [2.75, 3.05) is 33.2 Å². The van der Waals surface area contributed by atoms with Crippen LogP contribution in [0.3, 0.4) is 0 Å². The van der Waals surface area contributed by atoms with Gasteiger partial charge in [0.2, 0.25) is 11.8 Å². The van der Waals surface area contributed by atoms with Crippen molar-refractivity contribution >= 4 is 29.4 Å². The number of amides is 2. The molecule has 0 radical (unpaired) electrons. The van der Waals surface area contributed by atoms with Crippen molar-refractivity contribution in [2.24, 2.45) is 23.5 Å². The minimum Gasteiger partial charge on any atom is -0.480 e. The number of carbonyl (C=O) groups excluding carboxylic acids is 2. The van der Waals surface area contributed by atoms with E-state index in [-0.39, 0.29) is 23.3 Å². The zero-order valence-electron chi connectivity index (χ0n) is 23.1. The zero-order valence-corrected chi connectivity index (χ0v) is 23.9. The fourth-order valence-electron chi connectivity index (χ4n) is 5.79. The number of hydrogen-bond donors (Lipinski definition) is 4. The molecule has 1 saturated carbocycles. The number of aliphatic hydroxyl groups excluding tert-OH is 1. The number of hydrogen-bond acceptors (Lipinski definition) is 6. The summed E-state index contributed by atoms with van der Waals surface area (Å²) in [5.41, 5.74) is 3.84. The van der Waals surface area contributed by atoms with Crippen molar-refractivity contribution in [3.63, 3.8) is 0 Å². The minimum atomic E-state index is -2.24. The summed E-state index contributed by atoms with van der Waals surface area (Å²) in [6, 6.07) is 6.13. The molecule has 2 aliphatic rings. The molecule has 3 rings (SSSR count). The van der Waals surface area contributed by atoms with Crippen LogP contribution in [-0.2, 0) is 29.3 Å². The summed E-state index contributed by atoms with van der Waals surface area (Å²) in [7, 11) is 0. The Labute approximate surface area is 241 Å². The molecule has 0 aromatic heterocycles. The van der Waals surface area contributed by atoms with E-state index in [1.165, 1.54) is 44.2 Å². The molecule has 2 amide bonds. The quantitative estimate of drug-likeness (QED) is 0.140. The molecule has 2 unspecified atom stereocenters. The summed E-state index contributed by atoms with van der Waals surface area (Å²) in [6.07, 6.45) is 11.1. The molecule has 1 aromatic rings. The molecule has 1 aromatic carbocycles. The van der Waals surface area contributed by atoms with Crippen LogP contribution in [0.5, 0.6) is 0 Å². The summed E-state index contributed by atoms with van der Waals surface area (Å²) in [4.78, 5) is 38.9. The van der Waals surface area contributed by atoms with Crippen LogP contribution in [0.1, 0.15) is 69.8 Å². The van der Waals surface area contributed by atoms with E-state index in [0.717, 1.165) is 25.2 Å². The van der Waals surface area contributed by atoms with Gasteiger partial charge in [0, 0.05) is 17.5 Å². The van der Waals surface area contributed by atoms with Crippen LogP contribution < -0.4 is 11.1 Å². The minimum absolute atomic E-state index is 0.0286. The fourth-order valence-corrected chi connectivity index (χ4v) is 6.09. The van der Waals surface area contributed by atoms with Gasteiger partial charge in [0.15, 0.2) is 5.41 Å². The third-order valence-corrected chi connectivity index (χ3v) is 8.52. The summed E-state index contributed by atoms with van der Waals surface area (Å²) in [6.45, 7) is 0.959. The fraction of sp³-hybridized carbons (Fsp3) is 0.633. The Balaban J connectivity index is 1.80. The Morgan fingerprint density at radius 1 is 1.10 bits per heavy atom. The first-order valence-corrected chi connectivity index (χ1v) is 14.7. The molecule has 1 saturated heterocycles. The van der Waals surface area contributed by atoms with Gasteiger partial charge in [-0.15, -0.1) is 0 Å². The first kappa shape index (κ1) is 32.1. The van der Waals surface area contributed by atoms with Crippen LogP contribution >= 0.6 is 11.6 Å². The van der Waals surface area contributed by atoms with Crippen molar-refractivity contribution < 1.29 is 34.1 Å². The number of aliphatic carboxylic acids is 1. The van der Waals surface area contributed by atoms with E-state index in [9.17, 15) is 24.6 Å². The highest BCUT2D eigenvalue weighted by atomic mass is 35.5. The smallest absolute Gasteiger partial charge is 0.324 e. The van der Waals surface area contributed by atoms with E-state index >= 15 is 0 Å². The Morgan fingerprint density at radius 2 is 1.80 bits per heavy atom. The first-order valence-electron chi connectivity index (χ1n) is 14.3. The first-order chi connectivity index (χ1) is 19.3. The SMILES string of the molecule is NC(=O)C(CC(=CCC1COCOC1)C(CO)C(=O)NCCCCC1CCCCC1)(C(=O)O)c1ccccc1Cl. The van der Waals surface area contributed by atoms with Crippen LogP contribution in [-0.4, -0.2) is 61.2 Å². The van der Waals surface area contributed by atoms with Gasteiger partial charge in [-0.05, 0) is 36.8 Å². The van der Waals surface area contributed by atoms with E-state index in [2.05, 4.69) is 5.32 Å². The van der Waals surface area contributed by atoms with Gasteiger partial charge >= 0.3 is 5.97 Å². The number of nitrogens with two attached hydrogens (primary N) is 1. The number of unbranched alkanes of at least 4 members (excludes halogenated alkanes) is 1. The molecule has 9 nitrogen and oxygen atoms in total. The van der Waals surface area contributed by atoms with Crippen molar-refractivity contribution in [3.05, 3.63) is 46.5 Å². The maximum atomic E-state index is 13.3. The van der Waals surface area contributed by atoms with Gasteiger partial charge in [0.25, 0.3) is 0 Å². The maximum absolute atomic E-state index is 13.3. The van der Waals surface area contributed by atoms with Gasteiger partial charge in [0.05, 0.1) is 25.7 Å². The van der Waals surface area contributed by atoms with Gasteiger partial charge in [-0.3, -0.25) is 14.4 Å². The highest BCUT2D eigenvalue weighted by molar-refractivity contribution is 6.32. The van der Waals surface area contributed by atoms with E-state index in [4.69, 9.17) is 26.8 Å². The predicted molar refractivity (Wildman–Crippen MR) is 152 cm³/mol. The predicted octanol–water partition coefficient (Wildman–Crippen LogP) is 3.95. The summed E-state index contributed by atoms with van der Waals surface area (Å²) >= 11 is 6.36. The number of carbonyl (C=O) groups is 3. The lowest BCUT2D eigenvalue weighted by Gasteiger charge is -2.31. The Bertz CT molecular complexity index is 1010. The molecule has 1 aliphatic carbocycles. The molecular formula is C30H43ClN2O7. The molecule has 0 bridgehead atoms. The molecular weight excluding hydrogens is 536 g/mol. The number of aliphatic hydroxyl groups is 1. The standard InChI is InChI=1S/C30H43ClN2O7/c31-26-12-5-4-11-25(26)30(28(32)36,29(37)38)16-23(14-13-22-18-39-20-40-19-22)24(17-34)27(35)33-15-7-6-10-21-8-2-1-3-9-21/h4-5,11-12,14,21-22,24,34H,1-3,6-10,13,15-20H2,(H2,32,36)(H,33,35)(H,37,38). The number of carboxylic acids is 1. The van der Waals surface area contributed by atoms with E-state index in [0.29, 0.717) is 31.8 Å². The van der Waals surface area contributed by atoms with Crippen molar-refractivity contribution in [2.45, 2.75) is 69.6 Å². The number of benzene rings is 1. The van der Waals surface area contributed by atoms with Crippen molar-refractivity contribution in [1.82, 2.24) is 5.32 Å². The monoisotopic (exact) mass is 578 g/mol. The third kappa shape index (κ3) is 8.52. The second kappa shape index (κ2) is 16.1. The number of carboxylic acid groups (broad SMARTS) is 1. The lowest BCUT2D eigenvalue weighted by atomic mass is 9.72. The zero-order chi connectivity index (χ0) is 29.0. The summed E-state index contributed by atoms with van der Waals surface area (Å²) < 4.78 is 10.7. The molecule has 5 N–H and O–H groups in total. The molecule has 2 atom stereocenters. The number of rotatable bonds is 15. The van der Waals surface area contributed by atoms with Gasteiger partial charge in [-0.2, -0.15) is 0 Å². The topological polar surface area (TPSA) is 148 Å². The van der Waals surface area contributed by atoms with Crippen LogP contribution in [0.15, 0.2) is 35.9 Å². The van der Waals surface area contributed by atoms with Gasteiger partial charge in [-0.25, -0.2) is 0 Å². The van der Waals surface area contributed by atoms with E-state index in [1.807, 2.05) is 0 Å². The second-order valence-electron chi connectivity index (χ2n) is 11.0. The average molecular weight is 579 g/mol. The Morgan fingerprint density at radius 3 is 2.42 bits per heavy atom. The Hall–Kier alpha value is -2.46. The van der Waals surface area contributed by atoms with Gasteiger partial charge in [-0.1, -0.05) is 86.4 Å². The third-order valence-electron chi connectivity index (χ3n) is 8.19. The normalized spacial score (nSPS) is 19.5. The Kier molecular flexibility index (Phi) is 12.9. The van der Waals surface area contributed by atoms with Crippen molar-refractivity contribution in [3.8, 4) is 0 Å². The molecule has 1 aliphatic heterocycles. The van der Waals surface area contributed by atoms with E-state index in [1.54, 1.807) is 18.2 Å². The molecule has 1 heterocycles. The number of nitrogens with one attached hydrogen (secondary N) is 1. The highest BCUT2D eigenvalue weighted by Crippen LogP contribution is 2.38. The van der Waals surface area contributed by atoms with Crippen LogP contribution in [0.25, 0.3) is 0 Å². The van der Waals surface area contributed by atoms with Gasteiger partial charge in [0.1, 0.15) is 6.79 Å². The molecule has 222 valence electrons. The van der Waals surface area contributed by atoms with Crippen molar-refractivity contribution in [1.29, 1.82) is 0 Å². The number of ether oxygens (including phenoxy) is 2. The largest absolute Gasteiger partial charge is 0.480 e. The average Bonchev–Trinajstić information content (AvgIpc) is 2.95. The van der Waals surface area contributed by atoms with Gasteiger partial charge < -0.3 is 30.7 Å². The lowest BCUT2D eigenvalue weighted by molar-refractivity contribution is -0.149. The summed E-state index contributed by atoms with van der Waals surface area (Å²) in [5.74, 6) is -3.35. The maximum Gasteiger partial charge on any atom is 0.324 e. The molecule has 40 heavy (non-hydrogen) atoms.